The Hall–Kier alpha value is -2.08. The Kier molecular flexibility index (Phi) is 6.70. The molecule has 0 aliphatic carbocycles. The first-order valence-corrected chi connectivity index (χ1v) is 11.6. The summed E-state index contributed by atoms with van der Waals surface area (Å²) >= 11 is 1.66. The molecule has 2 aromatic rings. The van der Waals surface area contributed by atoms with Crippen LogP contribution in [0.3, 0.4) is 0 Å². The summed E-state index contributed by atoms with van der Waals surface area (Å²) in [5.41, 5.74) is 1.24. The zero-order valence-electron chi connectivity index (χ0n) is 17.2. The molecule has 0 unspecified atom stereocenters. The van der Waals surface area contributed by atoms with Gasteiger partial charge in [-0.15, -0.1) is 0 Å². The molecule has 0 N–H and O–H groups in total. The lowest BCUT2D eigenvalue weighted by molar-refractivity contribution is -0.136. The monoisotopic (exact) mass is 410 g/mol. The number of amides is 1. The predicted octanol–water partition coefficient (Wildman–Crippen LogP) is 4.56. The van der Waals surface area contributed by atoms with Gasteiger partial charge in [-0.3, -0.25) is 4.79 Å². The van der Waals surface area contributed by atoms with Crippen molar-refractivity contribution in [1.82, 2.24) is 14.9 Å². The Bertz CT molecular complexity index is 827. The first-order chi connectivity index (χ1) is 14.2. The standard InChI is InChI=1S/C23H30N4OS/c1-18-7-6-8-20(17-18)29-22-21(24-11-12-25-22)26-15-9-19(10-16-26)23(28)27-13-4-2-3-5-14-27/h6-8,11-12,17,19H,2-5,9-10,13-16H2,1H3. The van der Waals surface area contributed by atoms with Gasteiger partial charge in [-0.1, -0.05) is 42.3 Å². The third-order valence-corrected chi connectivity index (χ3v) is 6.88. The normalized spacial score (nSPS) is 18.5. The van der Waals surface area contributed by atoms with Gasteiger partial charge in [0, 0.05) is 49.4 Å². The highest BCUT2D eigenvalue weighted by molar-refractivity contribution is 7.99. The molecule has 4 rings (SSSR count). The van der Waals surface area contributed by atoms with Gasteiger partial charge in [-0.25, -0.2) is 9.97 Å². The summed E-state index contributed by atoms with van der Waals surface area (Å²) in [7, 11) is 0. The van der Waals surface area contributed by atoms with E-state index in [0.717, 1.165) is 62.7 Å². The summed E-state index contributed by atoms with van der Waals surface area (Å²) < 4.78 is 0. The van der Waals surface area contributed by atoms with Crippen LogP contribution < -0.4 is 4.90 Å². The maximum Gasteiger partial charge on any atom is 0.225 e. The van der Waals surface area contributed by atoms with Crippen molar-refractivity contribution in [3.63, 3.8) is 0 Å². The molecule has 154 valence electrons. The Labute approximate surface area is 177 Å². The van der Waals surface area contributed by atoms with Crippen LogP contribution in [-0.2, 0) is 4.79 Å². The molecule has 5 nitrogen and oxygen atoms in total. The molecule has 0 bridgehead atoms. The van der Waals surface area contributed by atoms with Gasteiger partial charge in [0.05, 0.1) is 0 Å². The molecule has 2 aliphatic heterocycles. The van der Waals surface area contributed by atoms with Crippen LogP contribution in [0, 0.1) is 12.8 Å². The fraction of sp³-hybridized carbons (Fsp3) is 0.522. The SMILES string of the molecule is Cc1cccc(Sc2nccnc2N2CCC(C(=O)N3CCCCCC3)CC2)c1. The largest absolute Gasteiger partial charge is 0.354 e. The van der Waals surface area contributed by atoms with Crippen LogP contribution in [0.4, 0.5) is 5.82 Å². The number of aromatic nitrogens is 2. The van der Waals surface area contributed by atoms with Gasteiger partial charge in [0.2, 0.25) is 5.91 Å². The van der Waals surface area contributed by atoms with E-state index >= 15 is 0 Å². The van der Waals surface area contributed by atoms with Crippen LogP contribution >= 0.6 is 11.8 Å². The van der Waals surface area contributed by atoms with Crippen molar-refractivity contribution in [2.24, 2.45) is 5.92 Å². The summed E-state index contributed by atoms with van der Waals surface area (Å²) in [5.74, 6) is 1.48. The molecule has 6 heteroatoms. The van der Waals surface area contributed by atoms with Crippen molar-refractivity contribution < 1.29 is 4.79 Å². The molecule has 3 heterocycles. The van der Waals surface area contributed by atoms with E-state index in [0.29, 0.717) is 5.91 Å². The number of hydrogen-bond donors (Lipinski definition) is 0. The molecular formula is C23H30N4OS. The Morgan fingerprint density at radius 2 is 1.72 bits per heavy atom. The van der Waals surface area contributed by atoms with Gasteiger partial charge in [-0.05, 0) is 44.7 Å². The minimum Gasteiger partial charge on any atom is -0.354 e. The van der Waals surface area contributed by atoms with Crippen LogP contribution in [0.5, 0.6) is 0 Å². The van der Waals surface area contributed by atoms with Crippen LogP contribution in [0.2, 0.25) is 0 Å². The molecule has 2 fully saturated rings. The van der Waals surface area contributed by atoms with Gasteiger partial charge in [0.15, 0.2) is 5.82 Å². The van der Waals surface area contributed by atoms with Crippen molar-refractivity contribution in [1.29, 1.82) is 0 Å². The summed E-state index contributed by atoms with van der Waals surface area (Å²) in [5, 5.41) is 0.940. The van der Waals surface area contributed by atoms with Crippen LogP contribution in [0.25, 0.3) is 0 Å². The topological polar surface area (TPSA) is 49.3 Å². The Balaban J connectivity index is 1.40. The van der Waals surface area contributed by atoms with E-state index in [1.807, 2.05) is 0 Å². The Morgan fingerprint density at radius 3 is 2.45 bits per heavy atom. The highest BCUT2D eigenvalue weighted by Crippen LogP contribution is 2.34. The number of aryl methyl sites for hydroxylation is 1. The molecule has 1 aromatic heterocycles. The smallest absolute Gasteiger partial charge is 0.225 e. The number of nitrogens with zero attached hydrogens (tertiary/aromatic N) is 4. The highest BCUT2D eigenvalue weighted by Gasteiger charge is 2.30. The number of benzene rings is 1. The van der Waals surface area contributed by atoms with Gasteiger partial charge in [0.25, 0.3) is 0 Å². The minimum absolute atomic E-state index is 0.161. The summed E-state index contributed by atoms with van der Waals surface area (Å²) in [6.45, 7) is 5.73. The second kappa shape index (κ2) is 9.61. The van der Waals surface area contributed by atoms with Crippen LogP contribution in [-0.4, -0.2) is 47.0 Å². The zero-order valence-corrected chi connectivity index (χ0v) is 18.0. The number of piperidine rings is 1. The van der Waals surface area contributed by atoms with E-state index in [9.17, 15) is 4.79 Å². The Morgan fingerprint density at radius 1 is 1.00 bits per heavy atom. The lowest BCUT2D eigenvalue weighted by Crippen LogP contribution is -2.43. The molecule has 1 amide bonds. The maximum atomic E-state index is 13.0. The third-order valence-electron chi connectivity index (χ3n) is 5.91. The molecule has 1 aromatic carbocycles. The number of likely N-dealkylation sites (tertiary alicyclic amines) is 1. The molecule has 29 heavy (non-hydrogen) atoms. The van der Waals surface area contributed by atoms with Gasteiger partial charge in [-0.2, -0.15) is 0 Å². The van der Waals surface area contributed by atoms with Crippen molar-refractivity contribution >= 4 is 23.5 Å². The lowest BCUT2D eigenvalue weighted by Gasteiger charge is -2.35. The molecule has 0 saturated carbocycles. The second-order valence-corrected chi connectivity index (χ2v) is 9.17. The van der Waals surface area contributed by atoms with E-state index < -0.39 is 0 Å². The maximum absolute atomic E-state index is 13.0. The number of rotatable bonds is 4. The van der Waals surface area contributed by atoms with E-state index in [4.69, 9.17) is 0 Å². The first kappa shape index (κ1) is 20.2. The average molecular weight is 411 g/mol. The summed E-state index contributed by atoms with van der Waals surface area (Å²) in [4.78, 5) is 27.8. The molecule has 2 aliphatic rings. The van der Waals surface area contributed by atoms with E-state index in [1.54, 1.807) is 24.2 Å². The fourth-order valence-electron chi connectivity index (χ4n) is 4.28. The van der Waals surface area contributed by atoms with Gasteiger partial charge >= 0.3 is 0 Å². The van der Waals surface area contributed by atoms with E-state index in [2.05, 4.69) is 51.0 Å². The van der Waals surface area contributed by atoms with Crippen molar-refractivity contribution in [2.75, 3.05) is 31.1 Å². The lowest BCUT2D eigenvalue weighted by atomic mass is 9.95. The number of carbonyl (C=O) groups is 1. The minimum atomic E-state index is 0.161. The van der Waals surface area contributed by atoms with E-state index in [-0.39, 0.29) is 5.92 Å². The average Bonchev–Trinajstić information content (AvgIpc) is 3.03. The van der Waals surface area contributed by atoms with Crippen molar-refractivity contribution in [2.45, 2.75) is 55.4 Å². The second-order valence-electron chi connectivity index (χ2n) is 8.10. The molecule has 0 atom stereocenters. The number of anilines is 1. The predicted molar refractivity (Wildman–Crippen MR) is 117 cm³/mol. The quantitative estimate of drug-likeness (QED) is 0.740. The van der Waals surface area contributed by atoms with Crippen LogP contribution in [0.15, 0.2) is 46.6 Å². The summed E-state index contributed by atoms with van der Waals surface area (Å²) in [6, 6.07) is 8.47. The fourth-order valence-corrected chi connectivity index (χ4v) is 5.29. The molecule has 0 radical (unpaired) electrons. The van der Waals surface area contributed by atoms with Gasteiger partial charge < -0.3 is 9.80 Å². The zero-order chi connectivity index (χ0) is 20.1. The van der Waals surface area contributed by atoms with Crippen molar-refractivity contribution in [3.05, 3.63) is 42.2 Å². The molecule has 0 spiro atoms. The van der Waals surface area contributed by atoms with Crippen molar-refractivity contribution in [3.8, 4) is 0 Å². The van der Waals surface area contributed by atoms with Gasteiger partial charge in [0.1, 0.15) is 5.03 Å². The van der Waals surface area contributed by atoms with E-state index in [1.165, 1.54) is 23.3 Å². The van der Waals surface area contributed by atoms with Crippen LogP contribution in [0.1, 0.15) is 44.1 Å². The highest BCUT2D eigenvalue weighted by atomic mass is 32.2. The molecule has 2 saturated heterocycles. The first-order valence-electron chi connectivity index (χ1n) is 10.8. The third kappa shape index (κ3) is 5.10. The number of carbonyl (C=O) groups excluding carboxylic acids is 1. The molecular weight excluding hydrogens is 380 g/mol. The summed E-state index contributed by atoms with van der Waals surface area (Å²) in [6.07, 6.45) is 10.2. The number of hydrogen-bond acceptors (Lipinski definition) is 5.